The van der Waals surface area contributed by atoms with E-state index in [4.69, 9.17) is 19.3 Å². The molecule has 8 nitrogen and oxygen atoms in total. The monoisotopic (exact) mass is 895 g/mol. The van der Waals surface area contributed by atoms with E-state index in [1.165, 1.54) is 186 Å². The normalized spacial score (nSPS) is 12.6. The number of phosphoric acid groups is 1. The van der Waals surface area contributed by atoms with Crippen molar-refractivity contribution in [3.8, 4) is 0 Å². The third-order valence-electron chi connectivity index (χ3n) is 11.6. The highest BCUT2D eigenvalue weighted by Crippen LogP contribution is 2.36. The van der Waals surface area contributed by atoms with Crippen molar-refractivity contribution in [1.29, 1.82) is 0 Å². The van der Waals surface area contributed by atoms with Crippen molar-refractivity contribution in [3.05, 3.63) is 36.5 Å². The van der Waals surface area contributed by atoms with E-state index < -0.39 is 32.5 Å². The molecule has 9 heteroatoms. The second-order valence-corrected chi connectivity index (χ2v) is 19.1. The average Bonchev–Trinajstić information content (AvgIpc) is 3.25. The Bertz CT molecular complexity index is 1100. The molecular weight excluding hydrogens is 796 g/mol. The third kappa shape index (κ3) is 50.9. The lowest BCUT2D eigenvalue weighted by Gasteiger charge is -2.18. The highest BCUT2D eigenvalue weighted by Gasteiger charge is 2.23. The number of carbonyl (C=O) groups excluding carboxylic acids is 2. The molecule has 0 aliphatic rings. The van der Waals surface area contributed by atoms with E-state index in [0.717, 1.165) is 51.4 Å². The SMILES string of the molecule is CCCCCCC/C=C\C/C=C\CCCCCCCCCCCC(=O)OC(COC(=O)CCCCCCCCCCCCC/C=C\CCCCCCCCCC)COP(=O)(O)O. The van der Waals surface area contributed by atoms with E-state index in [0.29, 0.717) is 6.42 Å². The van der Waals surface area contributed by atoms with E-state index in [1.54, 1.807) is 0 Å². The summed E-state index contributed by atoms with van der Waals surface area (Å²) >= 11 is 0. The number of rotatable bonds is 49. The smallest absolute Gasteiger partial charge is 0.462 e. The standard InChI is InChI=1S/C53H99O8P/c1-3-5-7-9-11-13-15-17-19-21-23-25-26-28-29-31-33-35-37-39-41-43-45-47-52(54)59-49-51(50-60-62(56,57)58)61-53(55)48-46-44-42-40-38-36-34-32-30-27-24-22-20-18-16-14-12-10-8-6-4-2/h16,18,21-24,51H,3-15,17,19-20,25-50H2,1-2H3,(H2,56,57,58)/b18-16-,23-21-,24-22-. The van der Waals surface area contributed by atoms with Gasteiger partial charge in [0.25, 0.3) is 0 Å². The summed E-state index contributed by atoms with van der Waals surface area (Å²) in [6.45, 7) is 3.71. The second-order valence-electron chi connectivity index (χ2n) is 17.8. The molecule has 0 aromatic carbocycles. The van der Waals surface area contributed by atoms with Crippen LogP contribution in [0.5, 0.6) is 0 Å². The van der Waals surface area contributed by atoms with Crippen LogP contribution in [0, 0.1) is 0 Å². The molecule has 0 radical (unpaired) electrons. The van der Waals surface area contributed by atoms with E-state index in [-0.39, 0.29) is 19.4 Å². The van der Waals surface area contributed by atoms with Gasteiger partial charge >= 0.3 is 19.8 Å². The van der Waals surface area contributed by atoms with Gasteiger partial charge in [-0.05, 0) is 70.6 Å². The van der Waals surface area contributed by atoms with Crippen LogP contribution in [0.2, 0.25) is 0 Å². The maximum atomic E-state index is 12.5. The molecule has 62 heavy (non-hydrogen) atoms. The van der Waals surface area contributed by atoms with Crippen molar-refractivity contribution in [3.63, 3.8) is 0 Å². The van der Waals surface area contributed by atoms with Crippen LogP contribution in [0.4, 0.5) is 0 Å². The first-order chi connectivity index (χ1) is 30.3. The molecule has 0 rings (SSSR count). The topological polar surface area (TPSA) is 119 Å². The fourth-order valence-corrected chi connectivity index (χ4v) is 8.06. The summed E-state index contributed by atoms with van der Waals surface area (Å²) in [5.41, 5.74) is 0. The lowest BCUT2D eigenvalue weighted by atomic mass is 10.0. The molecule has 0 heterocycles. The predicted molar refractivity (Wildman–Crippen MR) is 262 cm³/mol. The van der Waals surface area contributed by atoms with Crippen LogP contribution in [-0.2, 0) is 28.2 Å². The molecular formula is C53H99O8P. The number of unbranched alkanes of at least 4 members (excludes halogenated alkanes) is 33. The zero-order valence-electron chi connectivity index (χ0n) is 40.5. The molecule has 0 aromatic heterocycles. The fraction of sp³-hybridized carbons (Fsp3) is 0.849. The van der Waals surface area contributed by atoms with Crippen LogP contribution in [-0.4, -0.2) is 41.0 Å². The maximum absolute atomic E-state index is 12.5. The molecule has 1 atom stereocenters. The van der Waals surface area contributed by atoms with Crippen molar-refractivity contribution < 1.29 is 37.9 Å². The highest BCUT2D eigenvalue weighted by atomic mass is 31.2. The maximum Gasteiger partial charge on any atom is 0.469 e. The van der Waals surface area contributed by atoms with Gasteiger partial charge in [0.15, 0.2) is 6.10 Å². The molecule has 0 amide bonds. The van der Waals surface area contributed by atoms with Crippen LogP contribution in [0.1, 0.15) is 271 Å². The largest absolute Gasteiger partial charge is 0.469 e. The predicted octanol–water partition coefficient (Wildman–Crippen LogP) is 16.9. The van der Waals surface area contributed by atoms with Crippen molar-refractivity contribution in [1.82, 2.24) is 0 Å². The summed E-state index contributed by atoms with van der Waals surface area (Å²) in [7, 11) is -4.76. The van der Waals surface area contributed by atoms with Gasteiger partial charge in [0.1, 0.15) is 6.61 Å². The van der Waals surface area contributed by atoms with E-state index in [2.05, 4.69) is 54.8 Å². The van der Waals surface area contributed by atoms with Crippen molar-refractivity contribution in [2.24, 2.45) is 0 Å². The number of phosphoric ester groups is 1. The van der Waals surface area contributed by atoms with Crippen molar-refractivity contribution in [2.45, 2.75) is 277 Å². The summed E-state index contributed by atoms with van der Waals surface area (Å²) in [4.78, 5) is 43.1. The van der Waals surface area contributed by atoms with Gasteiger partial charge in [-0.3, -0.25) is 14.1 Å². The van der Waals surface area contributed by atoms with Gasteiger partial charge < -0.3 is 19.3 Å². The summed E-state index contributed by atoms with van der Waals surface area (Å²) < 4.78 is 26.6. The molecule has 2 N–H and O–H groups in total. The zero-order chi connectivity index (χ0) is 45.3. The van der Waals surface area contributed by atoms with Crippen LogP contribution >= 0.6 is 7.82 Å². The van der Waals surface area contributed by atoms with Crippen LogP contribution in [0.3, 0.4) is 0 Å². The Hall–Kier alpha value is -1.73. The Labute approximate surface area is 382 Å². The Kier molecular flexibility index (Phi) is 47.4. The molecule has 0 bridgehead atoms. The first-order valence-electron chi connectivity index (χ1n) is 26.3. The van der Waals surface area contributed by atoms with E-state index in [1.807, 2.05) is 0 Å². The van der Waals surface area contributed by atoms with Crippen molar-refractivity contribution >= 4 is 19.8 Å². The first kappa shape index (κ1) is 60.3. The molecule has 0 saturated heterocycles. The lowest BCUT2D eigenvalue weighted by molar-refractivity contribution is -0.161. The van der Waals surface area contributed by atoms with Gasteiger partial charge in [0.2, 0.25) is 0 Å². The van der Waals surface area contributed by atoms with E-state index in [9.17, 15) is 14.2 Å². The molecule has 0 fully saturated rings. The van der Waals surface area contributed by atoms with Gasteiger partial charge in [-0.1, -0.05) is 224 Å². The minimum absolute atomic E-state index is 0.208. The zero-order valence-corrected chi connectivity index (χ0v) is 41.4. The number of ether oxygens (including phenoxy) is 2. The molecule has 0 aromatic rings. The van der Waals surface area contributed by atoms with Crippen LogP contribution in [0.15, 0.2) is 36.5 Å². The van der Waals surface area contributed by atoms with E-state index >= 15 is 0 Å². The summed E-state index contributed by atoms with van der Waals surface area (Å²) in [6, 6.07) is 0. The number of carbonyl (C=O) groups is 2. The summed E-state index contributed by atoms with van der Waals surface area (Å²) in [5.74, 6) is -0.879. The number of esters is 2. The Morgan fingerprint density at radius 3 is 1.08 bits per heavy atom. The van der Waals surface area contributed by atoms with Crippen LogP contribution in [0.25, 0.3) is 0 Å². The third-order valence-corrected chi connectivity index (χ3v) is 12.1. The molecule has 364 valence electrons. The molecule has 1 unspecified atom stereocenters. The van der Waals surface area contributed by atoms with Gasteiger partial charge in [-0.15, -0.1) is 0 Å². The highest BCUT2D eigenvalue weighted by molar-refractivity contribution is 7.46. The molecule has 0 saturated carbocycles. The minimum atomic E-state index is -4.76. The number of allylic oxidation sites excluding steroid dienone is 6. The van der Waals surface area contributed by atoms with Crippen LogP contribution < -0.4 is 0 Å². The van der Waals surface area contributed by atoms with Gasteiger partial charge in [-0.25, -0.2) is 4.57 Å². The minimum Gasteiger partial charge on any atom is -0.462 e. The number of hydrogen-bond donors (Lipinski definition) is 2. The van der Waals surface area contributed by atoms with Gasteiger partial charge in [0, 0.05) is 12.8 Å². The Balaban J connectivity index is 3.80. The first-order valence-corrected chi connectivity index (χ1v) is 27.8. The average molecular weight is 895 g/mol. The second kappa shape index (κ2) is 48.7. The summed E-state index contributed by atoms with van der Waals surface area (Å²) in [6.07, 6.45) is 60.2. The van der Waals surface area contributed by atoms with Crippen molar-refractivity contribution in [2.75, 3.05) is 13.2 Å². The fourth-order valence-electron chi connectivity index (χ4n) is 7.69. The lowest BCUT2D eigenvalue weighted by Crippen LogP contribution is -2.29. The number of hydrogen-bond acceptors (Lipinski definition) is 6. The summed E-state index contributed by atoms with van der Waals surface area (Å²) in [5, 5.41) is 0. The molecule has 0 spiro atoms. The molecule has 0 aliphatic carbocycles. The molecule has 0 aliphatic heterocycles. The quantitative estimate of drug-likeness (QED) is 0.0268. The Morgan fingerprint density at radius 1 is 0.419 bits per heavy atom. The Morgan fingerprint density at radius 2 is 0.726 bits per heavy atom. The van der Waals surface area contributed by atoms with Gasteiger partial charge in [-0.2, -0.15) is 0 Å². The van der Waals surface area contributed by atoms with Gasteiger partial charge in [0.05, 0.1) is 6.61 Å².